The molecule has 2 N–H and O–H groups in total. The number of rotatable bonds is 2. The van der Waals surface area contributed by atoms with Gasteiger partial charge in [0, 0.05) is 62.5 Å². The third-order valence-electron chi connectivity index (χ3n) is 4.67. The van der Waals surface area contributed by atoms with Gasteiger partial charge in [-0.15, -0.1) is 0 Å². The van der Waals surface area contributed by atoms with Crippen molar-refractivity contribution in [2.75, 3.05) is 39.3 Å². The Kier molecular flexibility index (Phi) is 5.16. The summed E-state index contributed by atoms with van der Waals surface area (Å²) in [6.07, 6.45) is 0. The SMILES string of the molecule is C[C@@H]1CN(C(=O)c2cccc(C(=O)N3CCN[C@H](C)C3)c2)CCN1. The van der Waals surface area contributed by atoms with Crippen molar-refractivity contribution in [2.24, 2.45) is 0 Å². The minimum absolute atomic E-state index is 0.00618. The molecule has 1 aromatic carbocycles. The van der Waals surface area contributed by atoms with E-state index in [1.54, 1.807) is 24.3 Å². The molecule has 2 saturated heterocycles. The van der Waals surface area contributed by atoms with Crippen LogP contribution in [0.3, 0.4) is 0 Å². The summed E-state index contributed by atoms with van der Waals surface area (Å²) in [5.74, 6) is 0.0124. The zero-order valence-corrected chi connectivity index (χ0v) is 14.4. The molecule has 0 spiro atoms. The lowest BCUT2D eigenvalue weighted by Gasteiger charge is -2.33. The molecule has 2 fully saturated rings. The second-order valence-electron chi connectivity index (χ2n) is 6.79. The molecular weight excluding hydrogens is 304 g/mol. The Hall–Kier alpha value is -1.92. The Morgan fingerprint density at radius 3 is 1.79 bits per heavy atom. The Balaban J connectivity index is 1.73. The van der Waals surface area contributed by atoms with Crippen molar-refractivity contribution < 1.29 is 9.59 Å². The second-order valence-corrected chi connectivity index (χ2v) is 6.79. The van der Waals surface area contributed by atoms with Gasteiger partial charge in [-0.3, -0.25) is 9.59 Å². The van der Waals surface area contributed by atoms with Crippen LogP contribution in [0.4, 0.5) is 0 Å². The third-order valence-corrected chi connectivity index (χ3v) is 4.67. The maximum absolute atomic E-state index is 12.7. The summed E-state index contributed by atoms with van der Waals surface area (Å²) in [5, 5.41) is 6.67. The average molecular weight is 330 g/mol. The molecule has 0 radical (unpaired) electrons. The van der Waals surface area contributed by atoms with E-state index >= 15 is 0 Å². The molecule has 2 amide bonds. The quantitative estimate of drug-likeness (QED) is 0.831. The van der Waals surface area contributed by atoms with Crippen LogP contribution in [0.5, 0.6) is 0 Å². The van der Waals surface area contributed by atoms with Crippen LogP contribution >= 0.6 is 0 Å². The van der Waals surface area contributed by atoms with Crippen LogP contribution in [-0.4, -0.2) is 73.0 Å². The van der Waals surface area contributed by atoms with Gasteiger partial charge in [0.25, 0.3) is 11.8 Å². The van der Waals surface area contributed by atoms with E-state index in [0.29, 0.717) is 49.4 Å². The average Bonchev–Trinajstić information content (AvgIpc) is 2.60. The molecule has 1 aromatic rings. The zero-order valence-electron chi connectivity index (χ0n) is 14.4. The predicted molar refractivity (Wildman–Crippen MR) is 93.2 cm³/mol. The largest absolute Gasteiger partial charge is 0.336 e. The van der Waals surface area contributed by atoms with Crippen LogP contribution in [0.25, 0.3) is 0 Å². The van der Waals surface area contributed by atoms with Crippen LogP contribution in [0.15, 0.2) is 24.3 Å². The molecule has 6 nitrogen and oxygen atoms in total. The summed E-state index contributed by atoms with van der Waals surface area (Å²) < 4.78 is 0. The molecule has 2 aliphatic heterocycles. The van der Waals surface area contributed by atoms with Gasteiger partial charge in [-0.05, 0) is 32.0 Å². The molecular formula is C18H26N4O2. The number of hydrogen-bond acceptors (Lipinski definition) is 4. The Bertz CT molecular complexity index is 570. The summed E-state index contributed by atoms with van der Waals surface area (Å²) in [4.78, 5) is 29.1. The normalized spacial score (nSPS) is 24.8. The first kappa shape index (κ1) is 16.9. The Morgan fingerprint density at radius 1 is 0.917 bits per heavy atom. The highest BCUT2D eigenvalue weighted by atomic mass is 16.2. The first-order valence-electron chi connectivity index (χ1n) is 8.70. The highest BCUT2D eigenvalue weighted by molar-refractivity contribution is 5.99. The van der Waals surface area contributed by atoms with Gasteiger partial charge in [-0.25, -0.2) is 0 Å². The fraction of sp³-hybridized carbons (Fsp3) is 0.556. The van der Waals surface area contributed by atoms with Crippen LogP contribution in [0, 0.1) is 0 Å². The zero-order chi connectivity index (χ0) is 17.1. The Labute approximate surface area is 143 Å². The fourth-order valence-electron chi connectivity index (χ4n) is 3.38. The molecule has 0 bridgehead atoms. The summed E-state index contributed by atoms with van der Waals surface area (Å²) in [7, 11) is 0. The molecule has 2 aliphatic rings. The van der Waals surface area contributed by atoms with E-state index < -0.39 is 0 Å². The van der Waals surface area contributed by atoms with Gasteiger partial charge in [-0.2, -0.15) is 0 Å². The van der Waals surface area contributed by atoms with Crippen LogP contribution in [0.2, 0.25) is 0 Å². The number of amides is 2. The lowest BCUT2D eigenvalue weighted by atomic mass is 10.1. The molecule has 3 rings (SSSR count). The van der Waals surface area contributed by atoms with E-state index in [2.05, 4.69) is 24.5 Å². The fourth-order valence-corrected chi connectivity index (χ4v) is 3.38. The van der Waals surface area contributed by atoms with Crippen molar-refractivity contribution in [1.82, 2.24) is 20.4 Å². The minimum Gasteiger partial charge on any atom is -0.336 e. The maximum Gasteiger partial charge on any atom is 0.253 e. The number of nitrogens with zero attached hydrogens (tertiary/aromatic N) is 2. The molecule has 6 heteroatoms. The van der Waals surface area contributed by atoms with Crippen molar-refractivity contribution >= 4 is 11.8 Å². The number of carbonyl (C=O) groups is 2. The molecule has 2 atom stereocenters. The van der Waals surface area contributed by atoms with Crippen LogP contribution in [0.1, 0.15) is 34.6 Å². The standard InChI is InChI=1S/C18H26N4O2/c1-13-11-21(8-6-19-13)17(23)15-4-3-5-16(10-15)18(24)22-9-7-20-14(2)12-22/h3-5,10,13-14,19-20H,6-9,11-12H2,1-2H3/t13-,14-/m1/s1. The van der Waals surface area contributed by atoms with E-state index in [4.69, 9.17) is 0 Å². The second kappa shape index (κ2) is 7.32. The summed E-state index contributed by atoms with van der Waals surface area (Å²) in [6, 6.07) is 7.74. The topological polar surface area (TPSA) is 64.7 Å². The van der Waals surface area contributed by atoms with Gasteiger partial charge >= 0.3 is 0 Å². The number of benzene rings is 1. The summed E-state index contributed by atoms with van der Waals surface area (Å²) in [6.45, 7) is 8.58. The Morgan fingerprint density at radius 2 is 1.38 bits per heavy atom. The first-order chi connectivity index (χ1) is 11.5. The van der Waals surface area contributed by atoms with Crippen molar-refractivity contribution in [2.45, 2.75) is 25.9 Å². The van der Waals surface area contributed by atoms with Crippen molar-refractivity contribution in [1.29, 1.82) is 0 Å². The summed E-state index contributed by atoms with van der Waals surface area (Å²) in [5.41, 5.74) is 1.19. The monoisotopic (exact) mass is 330 g/mol. The van der Waals surface area contributed by atoms with Crippen molar-refractivity contribution in [3.05, 3.63) is 35.4 Å². The van der Waals surface area contributed by atoms with Crippen LogP contribution in [-0.2, 0) is 0 Å². The van der Waals surface area contributed by atoms with Gasteiger partial charge in [0.15, 0.2) is 0 Å². The lowest BCUT2D eigenvalue weighted by Crippen LogP contribution is -2.51. The van der Waals surface area contributed by atoms with Gasteiger partial charge in [0.05, 0.1) is 0 Å². The highest BCUT2D eigenvalue weighted by Gasteiger charge is 2.24. The first-order valence-corrected chi connectivity index (χ1v) is 8.70. The van der Waals surface area contributed by atoms with E-state index in [1.165, 1.54) is 0 Å². The highest BCUT2D eigenvalue weighted by Crippen LogP contribution is 2.13. The summed E-state index contributed by atoms with van der Waals surface area (Å²) >= 11 is 0. The molecule has 0 unspecified atom stereocenters. The minimum atomic E-state index is 0.00618. The van der Waals surface area contributed by atoms with E-state index in [1.807, 2.05) is 9.80 Å². The van der Waals surface area contributed by atoms with E-state index in [-0.39, 0.29) is 11.8 Å². The molecule has 0 aliphatic carbocycles. The molecule has 0 saturated carbocycles. The van der Waals surface area contributed by atoms with Gasteiger partial charge < -0.3 is 20.4 Å². The maximum atomic E-state index is 12.7. The molecule has 0 aromatic heterocycles. The molecule has 2 heterocycles. The van der Waals surface area contributed by atoms with E-state index in [0.717, 1.165) is 13.1 Å². The predicted octanol–water partition coefficient (Wildman–Crippen LogP) is 0.554. The number of hydrogen-bond donors (Lipinski definition) is 2. The van der Waals surface area contributed by atoms with Crippen molar-refractivity contribution in [3.63, 3.8) is 0 Å². The smallest absolute Gasteiger partial charge is 0.253 e. The number of piperazine rings is 2. The molecule has 24 heavy (non-hydrogen) atoms. The van der Waals surface area contributed by atoms with Crippen molar-refractivity contribution in [3.8, 4) is 0 Å². The third kappa shape index (κ3) is 3.76. The van der Waals surface area contributed by atoms with Gasteiger partial charge in [-0.1, -0.05) is 6.07 Å². The van der Waals surface area contributed by atoms with Gasteiger partial charge in [0.2, 0.25) is 0 Å². The van der Waals surface area contributed by atoms with Crippen LogP contribution < -0.4 is 10.6 Å². The molecule has 130 valence electrons. The lowest BCUT2D eigenvalue weighted by molar-refractivity contribution is 0.0706. The van der Waals surface area contributed by atoms with Gasteiger partial charge in [0.1, 0.15) is 0 Å². The van der Waals surface area contributed by atoms with E-state index in [9.17, 15) is 9.59 Å². The number of nitrogens with one attached hydrogen (secondary N) is 2. The number of carbonyl (C=O) groups excluding carboxylic acids is 2.